The molecular formula is C20H21N5O. The van der Waals surface area contributed by atoms with E-state index >= 15 is 0 Å². The van der Waals surface area contributed by atoms with Crippen LogP contribution in [0.2, 0.25) is 0 Å². The maximum absolute atomic E-state index is 12.6. The number of fused-ring (bicyclic) bond motifs is 1. The van der Waals surface area contributed by atoms with Crippen LogP contribution in [0.3, 0.4) is 0 Å². The van der Waals surface area contributed by atoms with Crippen molar-refractivity contribution in [1.82, 2.24) is 20.3 Å². The van der Waals surface area contributed by atoms with Crippen molar-refractivity contribution in [3.8, 4) is 0 Å². The van der Waals surface area contributed by atoms with E-state index in [4.69, 9.17) is 0 Å². The van der Waals surface area contributed by atoms with E-state index in [1.807, 2.05) is 30.3 Å². The molecule has 1 amide bonds. The Bertz CT molecular complexity index is 886. The summed E-state index contributed by atoms with van der Waals surface area (Å²) in [6.07, 6.45) is 8.95. The molecule has 0 unspecified atom stereocenters. The number of aromatic nitrogens is 3. The first kappa shape index (κ1) is 16.4. The number of carbonyl (C=O) groups is 1. The van der Waals surface area contributed by atoms with Gasteiger partial charge in [-0.25, -0.2) is 4.98 Å². The Labute approximate surface area is 152 Å². The summed E-state index contributed by atoms with van der Waals surface area (Å²) in [6.45, 7) is 2.55. The monoisotopic (exact) mass is 347 g/mol. The number of pyridine rings is 1. The fraction of sp³-hybridized carbons (Fsp3) is 0.300. The Balaban J connectivity index is 1.34. The van der Waals surface area contributed by atoms with Gasteiger partial charge < -0.3 is 10.2 Å². The molecule has 2 aromatic heterocycles. The van der Waals surface area contributed by atoms with Crippen molar-refractivity contribution >= 4 is 22.5 Å². The van der Waals surface area contributed by atoms with Gasteiger partial charge in [0.15, 0.2) is 0 Å². The van der Waals surface area contributed by atoms with Gasteiger partial charge in [-0.2, -0.15) is 0 Å². The second kappa shape index (κ2) is 7.47. The lowest BCUT2D eigenvalue weighted by Crippen LogP contribution is -2.39. The summed E-state index contributed by atoms with van der Waals surface area (Å²) in [4.78, 5) is 27.6. The molecule has 4 rings (SSSR count). The van der Waals surface area contributed by atoms with E-state index in [2.05, 4.69) is 25.2 Å². The van der Waals surface area contributed by atoms with Crippen LogP contribution in [0.1, 0.15) is 23.3 Å². The van der Waals surface area contributed by atoms with Crippen LogP contribution in [0, 0.1) is 5.92 Å². The van der Waals surface area contributed by atoms with Crippen molar-refractivity contribution in [2.45, 2.75) is 12.8 Å². The minimum absolute atomic E-state index is 0.0989. The van der Waals surface area contributed by atoms with Gasteiger partial charge in [-0.05, 0) is 30.2 Å². The van der Waals surface area contributed by atoms with Crippen molar-refractivity contribution in [3.63, 3.8) is 0 Å². The molecule has 1 fully saturated rings. The number of benzene rings is 1. The third kappa shape index (κ3) is 3.49. The van der Waals surface area contributed by atoms with Crippen LogP contribution < -0.4 is 10.2 Å². The highest BCUT2D eigenvalue weighted by Gasteiger charge is 2.21. The number of nitrogens with one attached hydrogen (secondary N) is 1. The molecule has 6 nitrogen and oxygen atoms in total. The van der Waals surface area contributed by atoms with Gasteiger partial charge in [0, 0.05) is 43.6 Å². The summed E-state index contributed by atoms with van der Waals surface area (Å²) < 4.78 is 0. The molecule has 3 heterocycles. The van der Waals surface area contributed by atoms with Crippen molar-refractivity contribution in [2.75, 3.05) is 24.5 Å². The fourth-order valence-electron chi connectivity index (χ4n) is 3.44. The first-order valence-corrected chi connectivity index (χ1v) is 8.94. The molecule has 1 aliphatic rings. The normalized spacial score (nSPS) is 15.2. The van der Waals surface area contributed by atoms with E-state index in [9.17, 15) is 4.79 Å². The smallest absolute Gasteiger partial charge is 0.270 e. The Morgan fingerprint density at radius 2 is 1.92 bits per heavy atom. The molecule has 0 radical (unpaired) electrons. The molecule has 0 atom stereocenters. The Kier molecular flexibility index (Phi) is 4.73. The Morgan fingerprint density at radius 1 is 1.08 bits per heavy atom. The lowest BCUT2D eigenvalue weighted by molar-refractivity contribution is 0.0942. The first-order chi connectivity index (χ1) is 12.8. The zero-order valence-corrected chi connectivity index (χ0v) is 14.5. The molecule has 0 aliphatic carbocycles. The first-order valence-electron chi connectivity index (χ1n) is 8.94. The third-order valence-corrected chi connectivity index (χ3v) is 4.93. The summed E-state index contributed by atoms with van der Waals surface area (Å²) in [5.74, 6) is 1.30. The fourth-order valence-corrected chi connectivity index (χ4v) is 3.44. The molecule has 132 valence electrons. The quantitative estimate of drug-likeness (QED) is 0.786. The predicted molar refractivity (Wildman–Crippen MR) is 101 cm³/mol. The summed E-state index contributed by atoms with van der Waals surface area (Å²) in [5, 5.41) is 4.99. The molecule has 0 spiro atoms. The van der Waals surface area contributed by atoms with Crippen molar-refractivity contribution in [2.24, 2.45) is 5.92 Å². The largest absolute Gasteiger partial charge is 0.355 e. The molecule has 3 aromatic rings. The lowest BCUT2D eigenvalue weighted by atomic mass is 9.96. The molecule has 1 aliphatic heterocycles. The van der Waals surface area contributed by atoms with Crippen LogP contribution in [0.5, 0.6) is 0 Å². The summed E-state index contributed by atoms with van der Waals surface area (Å²) >= 11 is 0. The maximum atomic E-state index is 12.6. The summed E-state index contributed by atoms with van der Waals surface area (Å²) in [7, 11) is 0. The van der Waals surface area contributed by atoms with Gasteiger partial charge in [0.1, 0.15) is 11.5 Å². The van der Waals surface area contributed by atoms with Gasteiger partial charge in [0.25, 0.3) is 5.91 Å². The van der Waals surface area contributed by atoms with E-state index < -0.39 is 0 Å². The predicted octanol–water partition coefficient (Wildman–Crippen LogP) is 2.67. The minimum Gasteiger partial charge on any atom is -0.355 e. The second-order valence-electron chi connectivity index (χ2n) is 6.58. The number of hydrogen-bond donors (Lipinski definition) is 1. The van der Waals surface area contributed by atoms with E-state index in [-0.39, 0.29) is 5.91 Å². The highest BCUT2D eigenvalue weighted by Crippen LogP contribution is 2.21. The number of carbonyl (C=O) groups excluding carboxylic acids is 1. The van der Waals surface area contributed by atoms with E-state index in [0.717, 1.165) is 42.5 Å². The average molecular weight is 347 g/mol. The number of amides is 1. The molecular weight excluding hydrogens is 326 g/mol. The molecule has 0 saturated carbocycles. The van der Waals surface area contributed by atoms with Crippen LogP contribution in [0.25, 0.3) is 10.8 Å². The number of piperidine rings is 1. The topological polar surface area (TPSA) is 71.0 Å². The molecule has 1 saturated heterocycles. The van der Waals surface area contributed by atoms with Gasteiger partial charge in [-0.15, -0.1) is 0 Å². The van der Waals surface area contributed by atoms with Gasteiger partial charge >= 0.3 is 0 Å². The van der Waals surface area contributed by atoms with Crippen molar-refractivity contribution in [1.29, 1.82) is 0 Å². The van der Waals surface area contributed by atoms with Gasteiger partial charge in [-0.1, -0.05) is 24.3 Å². The van der Waals surface area contributed by atoms with Crippen molar-refractivity contribution < 1.29 is 4.79 Å². The molecule has 1 aromatic carbocycles. The molecule has 1 N–H and O–H groups in total. The Morgan fingerprint density at radius 3 is 2.73 bits per heavy atom. The number of hydrogen-bond acceptors (Lipinski definition) is 5. The van der Waals surface area contributed by atoms with E-state index in [0.29, 0.717) is 18.2 Å². The summed E-state index contributed by atoms with van der Waals surface area (Å²) in [5.41, 5.74) is 0.500. The van der Waals surface area contributed by atoms with Gasteiger partial charge in [-0.3, -0.25) is 14.8 Å². The van der Waals surface area contributed by atoms with E-state index in [1.165, 1.54) is 0 Å². The van der Waals surface area contributed by atoms with Crippen LogP contribution in [0.4, 0.5) is 5.82 Å². The van der Waals surface area contributed by atoms with Crippen LogP contribution in [-0.2, 0) is 0 Å². The van der Waals surface area contributed by atoms with Crippen molar-refractivity contribution in [3.05, 3.63) is 60.8 Å². The lowest BCUT2D eigenvalue weighted by Gasteiger charge is -2.32. The summed E-state index contributed by atoms with van der Waals surface area (Å²) in [6, 6.07) is 9.76. The molecule has 26 heavy (non-hydrogen) atoms. The number of anilines is 1. The standard InChI is InChI=1S/C20H21N5O/c26-20(19-17-4-2-1-3-16(17)5-8-23-19)24-13-15-6-11-25(12-7-15)18-14-21-9-10-22-18/h1-5,8-10,14-15H,6-7,11-13H2,(H,24,26). The molecule has 6 heteroatoms. The van der Waals surface area contributed by atoms with Gasteiger partial charge in [0.05, 0.1) is 6.20 Å². The zero-order chi connectivity index (χ0) is 17.8. The Hall–Kier alpha value is -3.02. The maximum Gasteiger partial charge on any atom is 0.270 e. The SMILES string of the molecule is O=C(NCC1CCN(c2cnccn2)CC1)c1nccc2ccccc12. The highest BCUT2D eigenvalue weighted by molar-refractivity contribution is 6.05. The third-order valence-electron chi connectivity index (χ3n) is 4.93. The van der Waals surface area contributed by atoms with Crippen LogP contribution in [0.15, 0.2) is 55.1 Å². The average Bonchev–Trinajstić information content (AvgIpc) is 2.72. The number of rotatable bonds is 4. The van der Waals surface area contributed by atoms with Crippen LogP contribution >= 0.6 is 0 Å². The minimum atomic E-state index is -0.0989. The highest BCUT2D eigenvalue weighted by atomic mass is 16.1. The molecule has 0 bridgehead atoms. The second-order valence-corrected chi connectivity index (χ2v) is 6.58. The number of nitrogens with zero attached hydrogens (tertiary/aromatic N) is 4. The van der Waals surface area contributed by atoms with Crippen LogP contribution in [-0.4, -0.2) is 40.5 Å². The van der Waals surface area contributed by atoms with Gasteiger partial charge in [0.2, 0.25) is 0 Å². The zero-order valence-electron chi connectivity index (χ0n) is 14.5. The van der Waals surface area contributed by atoms with E-state index in [1.54, 1.807) is 24.8 Å².